The molecule has 1 saturated heterocycles. The first-order chi connectivity index (χ1) is 10.2. The van der Waals surface area contributed by atoms with Crippen molar-refractivity contribution in [2.75, 3.05) is 19.6 Å². The largest absolute Gasteiger partial charge is 0.329 e. The highest BCUT2D eigenvalue weighted by atomic mass is 35.5. The second-order valence-corrected chi connectivity index (χ2v) is 7.42. The topological polar surface area (TPSA) is 29.3 Å². The Balaban J connectivity index is 1.74. The van der Waals surface area contributed by atoms with Gasteiger partial charge in [0, 0.05) is 12.6 Å². The Morgan fingerprint density at radius 1 is 1.10 bits per heavy atom. The van der Waals surface area contributed by atoms with Gasteiger partial charge in [-0.15, -0.1) is 0 Å². The number of likely N-dealkylation sites (tertiary alicyclic amines) is 1. The van der Waals surface area contributed by atoms with Gasteiger partial charge in [-0.25, -0.2) is 0 Å². The molecular weight excluding hydrogens is 303 g/mol. The van der Waals surface area contributed by atoms with E-state index in [4.69, 9.17) is 28.9 Å². The molecule has 1 aromatic carbocycles. The normalized spacial score (nSPS) is 23.6. The van der Waals surface area contributed by atoms with Gasteiger partial charge in [-0.3, -0.25) is 4.90 Å². The van der Waals surface area contributed by atoms with Crippen molar-refractivity contribution in [1.82, 2.24) is 4.90 Å². The molecule has 1 atom stereocenters. The zero-order valence-corrected chi connectivity index (χ0v) is 14.0. The lowest BCUT2D eigenvalue weighted by Crippen LogP contribution is -2.43. The average Bonchev–Trinajstić information content (AvgIpc) is 2.94. The monoisotopic (exact) mass is 326 g/mol. The number of nitrogens with zero attached hydrogens (tertiary/aromatic N) is 1. The van der Waals surface area contributed by atoms with E-state index in [1.54, 1.807) is 0 Å². The fourth-order valence-electron chi connectivity index (χ4n) is 4.19. The molecule has 3 rings (SSSR count). The molecule has 1 aromatic rings. The quantitative estimate of drug-likeness (QED) is 0.875. The van der Waals surface area contributed by atoms with E-state index in [0.717, 1.165) is 18.7 Å². The maximum Gasteiger partial charge on any atom is 0.0640 e. The van der Waals surface area contributed by atoms with Crippen LogP contribution in [0.3, 0.4) is 0 Å². The molecule has 2 N–H and O–H groups in total. The molecule has 1 aliphatic carbocycles. The minimum absolute atomic E-state index is 0.190. The van der Waals surface area contributed by atoms with Crippen LogP contribution in [0.25, 0.3) is 0 Å². The van der Waals surface area contributed by atoms with Crippen LogP contribution in [-0.4, -0.2) is 24.5 Å². The van der Waals surface area contributed by atoms with E-state index >= 15 is 0 Å². The first kappa shape index (κ1) is 15.6. The van der Waals surface area contributed by atoms with Crippen LogP contribution in [0.15, 0.2) is 18.2 Å². The van der Waals surface area contributed by atoms with E-state index in [1.807, 2.05) is 12.1 Å². The number of piperidine rings is 1. The molecule has 1 aliphatic heterocycles. The minimum Gasteiger partial charge on any atom is -0.329 e. The summed E-state index contributed by atoms with van der Waals surface area (Å²) in [4.78, 5) is 2.50. The molecule has 2 nitrogen and oxygen atoms in total. The molecular formula is C17H24Cl2N2. The minimum atomic E-state index is 0.190. The number of hydrogen-bond acceptors (Lipinski definition) is 2. The van der Waals surface area contributed by atoms with Crippen molar-refractivity contribution in [3.63, 3.8) is 0 Å². The van der Waals surface area contributed by atoms with Gasteiger partial charge in [0.15, 0.2) is 0 Å². The summed E-state index contributed by atoms with van der Waals surface area (Å²) in [5.41, 5.74) is 7.77. The molecule has 21 heavy (non-hydrogen) atoms. The molecule has 2 aliphatic rings. The predicted molar refractivity (Wildman–Crippen MR) is 90.0 cm³/mol. The van der Waals surface area contributed by atoms with Gasteiger partial charge in [0.1, 0.15) is 0 Å². The van der Waals surface area contributed by atoms with E-state index in [-0.39, 0.29) is 6.04 Å². The third-order valence-electron chi connectivity index (χ3n) is 5.53. The van der Waals surface area contributed by atoms with Crippen LogP contribution in [0.1, 0.15) is 50.1 Å². The number of hydrogen-bond donors (Lipinski definition) is 1. The molecule has 116 valence electrons. The number of nitrogens with two attached hydrogens (primary N) is 1. The summed E-state index contributed by atoms with van der Waals surface area (Å²) in [6, 6.07) is 6.06. The maximum atomic E-state index is 6.39. The third-order valence-corrected chi connectivity index (χ3v) is 6.36. The highest BCUT2D eigenvalue weighted by molar-refractivity contribution is 6.42. The molecule has 1 unspecified atom stereocenters. The van der Waals surface area contributed by atoms with Crippen LogP contribution < -0.4 is 5.73 Å². The fraction of sp³-hybridized carbons (Fsp3) is 0.647. The zero-order chi connectivity index (χ0) is 14.9. The smallest absolute Gasteiger partial charge is 0.0640 e. The van der Waals surface area contributed by atoms with Gasteiger partial charge in [-0.2, -0.15) is 0 Å². The second-order valence-electron chi connectivity index (χ2n) is 6.64. The van der Waals surface area contributed by atoms with Gasteiger partial charge < -0.3 is 5.73 Å². The fourth-order valence-corrected chi connectivity index (χ4v) is 4.62. The lowest BCUT2D eigenvalue weighted by Gasteiger charge is -2.43. The standard InChI is InChI=1S/C17H24Cl2N2/c18-14-5-3-4-13(16(14)19)15(12-20)21-10-8-17(9-11-21)6-1-2-7-17/h3-5,15H,1-2,6-12,20H2. The Hall–Kier alpha value is -0.280. The third kappa shape index (κ3) is 3.10. The van der Waals surface area contributed by atoms with Gasteiger partial charge in [-0.05, 0) is 55.8 Å². The highest BCUT2D eigenvalue weighted by Crippen LogP contribution is 2.47. The Morgan fingerprint density at radius 3 is 2.38 bits per heavy atom. The van der Waals surface area contributed by atoms with Crippen molar-refractivity contribution < 1.29 is 0 Å². The van der Waals surface area contributed by atoms with Crippen molar-refractivity contribution in [1.29, 1.82) is 0 Å². The predicted octanol–water partition coefficient (Wildman–Crippen LogP) is 4.65. The summed E-state index contributed by atoms with van der Waals surface area (Å²) >= 11 is 12.6. The van der Waals surface area contributed by atoms with E-state index in [2.05, 4.69) is 11.0 Å². The number of halogens is 2. The van der Waals surface area contributed by atoms with Crippen LogP contribution in [0.5, 0.6) is 0 Å². The van der Waals surface area contributed by atoms with Crippen LogP contribution in [0.4, 0.5) is 0 Å². The Morgan fingerprint density at radius 2 is 1.76 bits per heavy atom. The second kappa shape index (κ2) is 6.45. The van der Waals surface area contributed by atoms with Gasteiger partial charge in [0.25, 0.3) is 0 Å². The molecule has 2 fully saturated rings. The van der Waals surface area contributed by atoms with Gasteiger partial charge >= 0.3 is 0 Å². The summed E-state index contributed by atoms with van der Waals surface area (Å²) in [6.45, 7) is 2.85. The molecule has 0 amide bonds. The van der Waals surface area contributed by atoms with Crippen molar-refractivity contribution in [2.24, 2.45) is 11.1 Å². The van der Waals surface area contributed by atoms with Crippen LogP contribution >= 0.6 is 23.2 Å². The molecule has 1 spiro atoms. The average molecular weight is 327 g/mol. The first-order valence-electron chi connectivity index (χ1n) is 8.03. The Bertz CT molecular complexity index is 488. The molecule has 0 radical (unpaired) electrons. The first-order valence-corrected chi connectivity index (χ1v) is 8.79. The summed E-state index contributed by atoms with van der Waals surface area (Å²) in [5.74, 6) is 0. The van der Waals surface area contributed by atoms with E-state index < -0.39 is 0 Å². The molecule has 0 aromatic heterocycles. The van der Waals surface area contributed by atoms with Crippen molar-refractivity contribution in [3.8, 4) is 0 Å². The van der Waals surface area contributed by atoms with Gasteiger partial charge in [0.05, 0.1) is 10.0 Å². The van der Waals surface area contributed by atoms with Crippen molar-refractivity contribution in [2.45, 2.75) is 44.6 Å². The van der Waals surface area contributed by atoms with Crippen LogP contribution in [0, 0.1) is 5.41 Å². The number of rotatable bonds is 3. The molecule has 0 bridgehead atoms. The van der Waals surface area contributed by atoms with Crippen molar-refractivity contribution >= 4 is 23.2 Å². The lowest BCUT2D eigenvalue weighted by molar-refractivity contribution is 0.0780. The highest BCUT2D eigenvalue weighted by Gasteiger charge is 2.38. The molecule has 1 saturated carbocycles. The SMILES string of the molecule is NCC(c1cccc(Cl)c1Cl)N1CCC2(CCCC2)CC1. The Kier molecular flexibility index (Phi) is 4.80. The molecule has 4 heteroatoms. The van der Waals surface area contributed by atoms with Gasteiger partial charge in [0.2, 0.25) is 0 Å². The lowest BCUT2D eigenvalue weighted by atomic mass is 9.76. The molecule has 1 heterocycles. The Labute approximate surface area is 137 Å². The zero-order valence-electron chi connectivity index (χ0n) is 12.5. The van der Waals surface area contributed by atoms with Gasteiger partial charge in [-0.1, -0.05) is 48.2 Å². The van der Waals surface area contributed by atoms with E-state index in [9.17, 15) is 0 Å². The van der Waals surface area contributed by atoms with Crippen molar-refractivity contribution in [3.05, 3.63) is 33.8 Å². The number of benzene rings is 1. The summed E-state index contributed by atoms with van der Waals surface area (Å²) in [6.07, 6.45) is 8.29. The van der Waals surface area contributed by atoms with Crippen LogP contribution in [0.2, 0.25) is 10.0 Å². The van der Waals surface area contributed by atoms with Crippen LogP contribution in [-0.2, 0) is 0 Å². The maximum absolute atomic E-state index is 6.39. The van der Waals surface area contributed by atoms with E-state index in [0.29, 0.717) is 22.0 Å². The summed E-state index contributed by atoms with van der Waals surface area (Å²) in [5, 5.41) is 1.28. The summed E-state index contributed by atoms with van der Waals surface area (Å²) in [7, 11) is 0. The van der Waals surface area contributed by atoms with E-state index in [1.165, 1.54) is 38.5 Å². The summed E-state index contributed by atoms with van der Waals surface area (Å²) < 4.78 is 0.